The van der Waals surface area contributed by atoms with E-state index in [0.29, 0.717) is 17.7 Å². The molecule has 0 aromatic heterocycles. The number of alkyl halides is 2. The Balaban J connectivity index is 1.66. The Kier molecular flexibility index (Phi) is 12.6. The molecule has 1 aromatic rings. The summed E-state index contributed by atoms with van der Waals surface area (Å²) in [5.41, 5.74) is 1.88. The number of carbonyl (C=O) groups excluding carboxylic acids is 1. The molecule has 1 fully saturated rings. The lowest BCUT2D eigenvalue weighted by molar-refractivity contribution is -0.125. The highest BCUT2D eigenvalue weighted by Crippen LogP contribution is 2.25. The maximum atomic E-state index is 13.9. The SMILES string of the molecule is CCC(C=NC1N=CC(C(F)F)C(=NCc2ccc(C)cc2N(C)S(C)(=O)=O)N1)CC(C)C(=O)NC1CCN(CC)CC1. The van der Waals surface area contributed by atoms with Gasteiger partial charge in [0.1, 0.15) is 11.8 Å². The number of aryl methyl sites for hydroxylation is 1. The fourth-order valence-electron chi connectivity index (χ4n) is 5.21. The molecule has 2 aliphatic heterocycles. The zero-order valence-corrected chi connectivity index (χ0v) is 26.9. The maximum Gasteiger partial charge on any atom is 0.253 e. The van der Waals surface area contributed by atoms with Crippen LogP contribution in [0.4, 0.5) is 14.5 Å². The third-order valence-corrected chi connectivity index (χ3v) is 9.39. The Bertz CT molecular complexity index is 1280. The molecule has 2 aliphatic rings. The average Bonchev–Trinajstić information content (AvgIpc) is 2.97. The fourth-order valence-corrected chi connectivity index (χ4v) is 5.73. The standard InChI is InChI=1S/C30H47F2N7O3S/c1-7-22(16-21(4)29(40)36-24-11-13-39(8-2)14-12-24)17-34-30-35-19-25(27(31)32)28(37-30)33-18-23-10-9-20(3)15-26(23)38(5)43(6,41)42/h9-10,15,17,19,21-22,24-25,27,30H,7-8,11-14,16,18H2,1-6H3,(H,33,37)(H,36,40). The minimum Gasteiger partial charge on any atom is -0.353 e. The Labute approximate surface area is 255 Å². The van der Waals surface area contributed by atoms with Crippen molar-refractivity contribution in [3.63, 3.8) is 0 Å². The summed E-state index contributed by atoms with van der Waals surface area (Å²) in [7, 11) is -2.08. The molecule has 13 heteroatoms. The third kappa shape index (κ3) is 10.1. The number of nitrogens with one attached hydrogen (secondary N) is 2. The molecule has 43 heavy (non-hydrogen) atoms. The largest absolute Gasteiger partial charge is 0.353 e. The van der Waals surface area contributed by atoms with Gasteiger partial charge < -0.3 is 15.5 Å². The monoisotopic (exact) mass is 623 g/mol. The summed E-state index contributed by atoms with van der Waals surface area (Å²) in [5, 5.41) is 6.12. The van der Waals surface area contributed by atoms with Crippen LogP contribution in [0, 0.1) is 24.7 Å². The van der Waals surface area contributed by atoms with Crippen molar-refractivity contribution >= 4 is 39.9 Å². The number of amidine groups is 1. The number of aliphatic imine (C=N–C) groups is 3. The first kappa shape index (κ1) is 34.6. The highest BCUT2D eigenvalue weighted by Gasteiger charge is 2.30. The summed E-state index contributed by atoms with van der Waals surface area (Å²) in [6.07, 6.45) is 3.75. The van der Waals surface area contributed by atoms with E-state index in [1.54, 1.807) is 18.3 Å². The molecule has 2 heterocycles. The number of amides is 1. The first-order valence-electron chi connectivity index (χ1n) is 15.0. The molecule has 1 aromatic carbocycles. The van der Waals surface area contributed by atoms with Gasteiger partial charge in [-0.25, -0.2) is 22.2 Å². The number of rotatable bonds is 13. The molecule has 0 bridgehead atoms. The molecule has 1 amide bonds. The zero-order chi connectivity index (χ0) is 31.7. The number of hydrogen-bond donors (Lipinski definition) is 2. The Morgan fingerprint density at radius 3 is 2.58 bits per heavy atom. The summed E-state index contributed by atoms with van der Waals surface area (Å²) in [4.78, 5) is 28.4. The van der Waals surface area contributed by atoms with Crippen LogP contribution in [0.25, 0.3) is 0 Å². The predicted molar refractivity (Wildman–Crippen MR) is 170 cm³/mol. The van der Waals surface area contributed by atoms with Crippen LogP contribution in [0.15, 0.2) is 33.2 Å². The van der Waals surface area contributed by atoms with E-state index in [4.69, 9.17) is 0 Å². The second-order valence-corrected chi connectivity index (χ2v) is 13.6. The number of piperidine rings is 1. The van der Waals surface area contributed by atoms with E-state index >= 15 is 0 Å². The highest BCUT2D eigenvalue weighted by molar-refractivity contribution is 7.92. The fraction of sp³-hybridized carbons (Fsp3) is 0.667. The van der Waals surface area contributed by atoms with Crippen LogP contribution in [0.5, 0.6) is 0 Å². The van der Waals surface area contributed by atoms with Crippen LogP contribution in [-0.4, -0.2) is 89.2 Å². The molecule has 4 atom stereocenters. The van der Waals surface area contributed by atoms with E-state index in [1.165, 1.54) is 13.3 Å². The Morgan fingerprint density at radius 2 is 1.98 bits per heavy atom. The Hall–Kier alpha value is -2.93. The molecular formula is C30H47F2N7O3S. The lowest BCUT2D eigenvalue weighted by atomic mass is 9.93. The molecule has 4 unspecified atom stereocenters. The van der Waals surface area contributed by atoms with Gasteiger partial charge in [0.15, 0.2) is 0 Å². The number of halogens is 2. The van der Waals surface area contributed by atoms with E-state index in [9.17, 15) is 22.0 Å². The summed E-state index contributed by atoms with van der Waals surface area (Å²) in [5.74, 6) is -1.44. The third-order valence-electron chi connectivity index (χ3n) is 8.20. The Morgan fingerprint density at radius 1 is 1.28 bits per heavy atom. The van der Waals surface area contributed by atoms with Gasteiger partial charge in [0.05, 0.1) is 18.5 Å². The second-order valence-electron chi connectivity index (χ2n) is 11.6. The van der Waals surface area contributed by atoms with Crippen molar-refractivity contribution in [2.45, 2.75) is 78.7 Å². The molecule has 0 spiro atoms. The average molecular weight is 624 g/mol. The molecule has 0 saturated carbocycles. The first-order valence-corrected chi connectivity index (χ1v) is 16.9. The summed E-state index contributed by atoms with van der Waals surface area (Å²) < 4.78 is 53.2. The van der Waals surface area contributed by atoms with Crippen LogP contribution in [0.1, 0.15) is 57.6 Å². The minimum absolute atomic E-state index is 0.00696. The lowest BCUT2D eigenvalue weighted by Crippen LogP contribution is -2.46. The van der Waals surface area contributed by atoms with E-state index in [2.05, 4.69) is 37.4 Å². The van der Waals surface area contributed by atoms with Crippen molar-refractivity contribution in [2.75, 3.05) is 37.2 Å². The molecule has 240 valence electrons. The molecule has 3 rings (SSSR count). The number of carbonyl (C=O) groups is 1. The second kappa shape index (κ2) is 15.7. The van der Waals surface area contributed by atoms with Gasteiger partial charge in [-0.05, 0) is 62.3 Å². The van der Waals surface area contributed by atoms with Crippen LogP contribution in [-0.2, 0) is 21.4 Å². The van der Waals surface area contributed by atoms with Gasteiger partial charge in [0.25, 0.3) is 6.43 Å². The normalized spacial score (nSPS) is 22.6. The molecule has 0 radical (unpaired) electrons. The quantitative estimate of drug-likeness (QED) is 0.324. The van der Waals surface area contributed by atoms with E-state index in [0.717, 1.165) is 55.0 Å². The van der Waals surface area contributed by atoms with Gasteiger partial charge in [-0.2, -0.15) is 0 Å². The topological polar surface area (TPSA) is 119 Å². The van der Waals surface area contributed by atoms with E-state index in [-0.39, 0.29) is 36.2 Å². The number of sulfonamides is 1. The molecule has 10 nitrogen and oxygen atoms in total. The van der Waals surface area contributed by atoms with Gasteiger partial charge in [0.2, 0.25) is 22.2 Å². The summed E-state index contributed by atoms with van der Waals surface area (Å²) >= 11 is 0. The number of hydrogen-bond acceptors (Lipinski definition) is 7. The van der Waals surface area contributed by atoms with Crippen molar-refractivity contribution in [1.29, 1.82) is 0 Å². The smallest absolute Gasteiger partial charge is 0.253 e. The van der Waals surface area contributed by atoms with Gasteiger partial charge in [0, 0.05) is 44.5 Å². The van der Waals surface area contributed by atoms with Crippen molar-refractivity contribution in [2.24, 2.45) is 32.7 Å². The van der Waals surface area contributed by atoms with Crippen LogP contribution < -0.4 is 14.9 Å². The van der Waals surface area contributed by atoms with Crippen molar-refractivity contribution in [3.05, 3.63) is 29.3 Å². The van der Waals surface area contributed by atoms with Crippen molar-refractivity contribution in [1.82, 2.24) is 15.5 Å². The molecular weight excluding hydrogens is 576 g/mol. The summed E-state index contributed by atoms with van der Waals surface area (Å²) in [6, 6.07) is 5.50. The zero-order valence-electron chi connectivity index (χ0n) is 26.1. The summed E-state index contributed by atoms with van der Waals surface area (Å²) in [6.45, 7) is 10.9. The van der Waals surface area contributed by atoms with Gasteiger partial charge >= 0.3 is 0 Å². The van der Waals surface area contributed by atoms with Gasteiger partial charge in [-0.3, -0.25) is 19.1 Å². The maximum absolute atomic E-state index is 13.9. The highest BCUT2D eigenvalue weighted by atomic mass is 32.2. The van der Waals surface area contributed by atoms with Gasteiger partial charge in [-0.15, -0.1) is 0 Å². The van der Waals surface area contributed by atoms with E-state index < -0.39 is 28.7 Å². The van der Waals surface area contributed by atoms with Crippen molar-refractivity contribution < 1.29 is 22.0 Å². The number of nitrogens with zero attached hydrogens (tertiary/aromatic N) is 5. The predicted octanol–water partition coefficient (Wildman–Crippen LogP) is 3.85. The van der Waals surface area contributed by atoms with Crippen LogP contribution in [0.3, 0.4) is 0 Å². The minimum atomic E-state index is -3.53. The van der Waals surface area contributed by atoms with Gasteiger partial charge in [-0.1, -0.05) is 32.9 Å². The lowest BCUT2D eigenvalue weighted by Gasteiger charge is -2.32. The van der Waals surface area contributed by atoms with E-state index in [1.807, 2.05) is 26.8 Å². The molecule has 2 N–H and O–H groups in total. The van der Waals surface area contributed by atoms with Crippen LogP contribution >= 0.6 is 0 Å². The first-order chi connectivity index (χ1) is 20.3. The number of likely N-dealkylation sites (tertiary alicyclic amines) is 1. The van der Waals surface area contributed by atoms with Crippen molar-refractivity contribution in [3.8, 4) is 0 Å². The van der Waals surface area contributed by atoms with Crippen LogP contribution in [0.2, 0.25) is 0 Å². The number of benzene rings is 1. The molecule has 1 saturated heterocycles. The number of anilines is 1. The molecule has 0 aliphatic carbocycles.